The minimum absolute atomic E-state index is 0.442. The van der Waals surface area contributed by atoms with E-state index in [0.29, 0.717) is 35.3 Å². The van der Waals surface area contributed by atoms with Gasteiger partial charge >= 0.3 is 0 Å². The van der Waals surface area contributed by atoms with Gasteiger partial charge in [0, 0.05) is 28.9 Å². The normalized spacial score (nSPS) is 10.7. The molecule has 5 aromatic rings. The lowest BCUT2D eigenvalue weighted by Gasteiger charge is -2.06. The van der Waals surface area contributed by atoms with Gasteiger partial charge in [0.05, 0.1) is 17.2 Å². The Kier molecular flexibility index (Phi) is 13.4. The summed E-state index contributed by atoms with van der Waals surface area (Å²) < 4.78 is 0. The highest BCUT2D eigenvalue weighted by Crippen LogP contribution is 2.19. The SMILES string of the molecule is CC(C)c1cccs1.CC(C)c1ccnc(N)c1.CC(C)c1nc2ccncc2[nH]1.Cc1cc(C(C)C)cc(N)n1. The number of nitrogen functional groups attached to an aromatic ring is 2. The minimum atomic E-state index is 0.442. The number of nitrogens with zero attached hydrogens (tertiary/aromatic N) is 4. The Labute approximate surface area is 249 Å². The monoisotopic (exact) mass is 573 g/mol. The van der Waals surface area contributed by atoms with Gasteiger partial charge in [0.2, 0.25) is 0 Å². The van der Waals surface area contributed by atoms with Crippen LogP contribution in [0.15, 0.2) is 66.4 Å². The van der Waals surface area contributed by atoms with E-state index in [9.17, 15) is 0 Å². The molecule has 220 valence electrons. The highest BCUT2D eigenvalue weighted by Gasteiger charge is 2.05. The first-order valence-corrected chi connectivity index (χ1v) is 15.0. The molecule has 5 N–H and O–H groups in total. The van der Waals surface area contributed by atoms with Crippen LogP contribution in [0.2, 0.25) is 0 Å². The van der Waals surface area contributed by atoms with Crippen LogP contribution in [0.3, 0.4) is 0 Å². The fourth-order valence-corrected chi connectivity index (χ4v) is 4.39. The van der Waals surface area contributed by atoms with Gasteiger partial charge in [-0.1, -0.05) is 61.5 Å². The van der Waals surface area contributed by atoms with Gasteiger partial charge in [0.1, 0.15) is 17.5 Å². The number of thiophene rings is 1. The van der Waals surface area contributed by atoms with E-state index in [1.54, 1.807) is 18.6 Å². The number of anilines is 2. The molecule has 7 nitrogen and oxygen atoms in total. The maximum absolute atomic E-state index is 5.59. The smallest absolute Gasteiger partial charge is 0.123 e. The van der Waals surface area contributed by atoms with Crippen molar-refractivity contribution in [2.24, 2.45) is 0 Å². The molecule has 0 atom stereocenters. The lowest BCUT2D eigenvalue weighted by molar-refractivity contribution is 0.799. The summed E-state index contributed by atoms with van der Waals surface area (Å²) in [4.78, 5) is 21.1. The Morgan fingerprint density at radius 1 is 0.732 bits per heavy atom. The van der Waals surface area contributed by atoms with E-state index in [2.05, 4.69) is 104 Å². The van der Waals surface area contributed by atoms with E-state index in [0.717, 1.165) is 22.6 Å². The minimum Gasteiger partial charge on any atom is -0.384 e. The maximum Gasteiger partial charge on any atom is 0.123 e. The average Bonchev–Trinajstić information content (AvgIpc) is 3.60. The number of aromatic nitrogens is 5. The highest BCUT2D eigenvalue weighted by atomic mass is 32.1. The van der Waals surface area contributed by atoms with Crippen molar-refractivity contribution in [1.29, 1.82) is 0 Å². The van der Waals surface area contributed by atoms with Crippen molar-refractivity contribution in [3.63, 3.8) is 0 Å². The van der Waals surface area contributed by atoms with E-state index in [1.807, 2.05) is 42.5 Å². The van der Waals surface area contributed by atoms with Crippen LogP contribution in [-0.4, -0.2) is 24.9 Å². The Hall–Kier alpha value is -3.78. The lowest BCUT2D eigenvalue weighted by Crippen LogP contribution is -1.96. The quantitative estimate of drug-likeness (QED) is 0.198. The Morgan fingerprint density at radius 3 is 1.88 bits per heavy atom. The third-order valence-corrected chi connectivity index (χ3v) is 7.27. The zero-order valence-corrected chi connectivity index (χ0v) is 26.8. The van der Waals surface area contributed by atoms with Crippen molar-refractivity contribution in [2.75, 3.05) is 11.5 Å². The summed E-state index contributed by atoms with van der Waals surface area (Å²) in [5, 5.41) is 2.12. The molecule has 0 radical (unpaired) electrons. The van der Waals surface area contributed by atoms with Gasteiger partial charge in [-0.05, 0) is 77.6 Å². The number of rotatable bonds is 4. The molecular formula is C33H47N7S. The van der Waals surface area contributed by atoms with Crippen LogP contribution >= 0.6 is 11.3 Å². The molecule has 41 heavy (non-hydrogen) atoms. The zero-order valence-electron chi connectivity index (χ0n) is 26.0. The summed E-state index contributed by atoms with van der Waals surface area (Å²) in [7, 11) is 0. The number of fused-ring (bicyclic) bond motifs is 1. The number of hydrogen-bond acceptors (Lipinski definition) is 7. The summed E-state index contributed by atoms with van der Waals surface area (Å²) in [6.45, 7) is 19.2. The molecule has 8 heteroatoms. The van der Waals surface area contributed by atoms with Crippen LogP contribution in [0.4, 0.5) is 11.6 Å². The molecule has 0 aliphatic heterocycles. The summed E-state index contributed by atoms with van der Waals surface area (Å²) in [5.74, 6) is 4.45. The second-order valence-corrected chi connectivity index (χ2v) is 12.1. The van der Waals surface area contributed by atoms with E-state index in [1.165, 1.54) is 16.0 Å². The second kappa shape index (κ2) is 16.5. The van der Waals surface area contributed by atoms with Crippen molar-refractivity contribution >= 4 is 34.0 Å². The van der Waals surface area contributed by atoms with Crippen LogP contribution in [-0.2, 0) is 0 Å². The Morgan fingerprint density at radius 2 is 1.41 bits per heavy atom. The lowest BCUT2D eigenvalue weighted by atomic mass is 10.0. The van der Waals surface area contributed by atoms with Crippen molar-refractivity contribution in [1.82, 2.24) is 24.9 Å². The molecule has 0 fully saturated rings. The number of imidazole rings is 1. The predicted octanol–water partition coefficient (Wildman–Crippen LogP) is 8.84. The number of hydrogen-bond donors (Lipinski definition) is 3. The molecule has 0 unspecified atom stereocenters. The van der Waals surface area contributed by atoms with Gasteiger partial charge in [-0.2, -0.15) is 0 Å². The third-order valence-electron chi connectivity index (χ3n) is 6.09. The number of aromatic amines is 1. The second-order valence-electron chi connectivity index (χ2n) is 11.1. The average molecular weight is 574 g/mol. The van der Waals surface area contributed by atoms with Gasteiger partial charge in [0.25, 0.3) is 0 Å². The van der Waals surface area contributed by atoms with E-state index < -0.39 is 0 Å². The fraction of sp³-hybridized carbons (Fsp3) is 0.394. The summed E-state index contributed by atoms with van der Waals surface area (Å²) in [5.41, 5.74) is 16.6. The molecule has 5 heterocycles. The number of nitrogens with one attached hydrogen (secondary N) is 1. The van der Waals surface area contributed by atoms with Gasteiger partial charge in [0.15, 0.2) is 0 Å². The molecule has 0 aliphatic rings. The molecule has 0 aromatic carbocycles. The van der Waals surface area contributed by atoms with Gasteiger partial charge in [-0.15, -0.1) is 11.3 Å². The van der Waals surface area contributed by atoms with Crippen LogP contribution in [0.25, 0.3) is 11.0 Å². The molecule has 0 spiro atoms. The molecule has 0 bridgehead atoms. The predicted molar refractivity (Wildman–Crippen MR) is 177 cm³/mol. The summed E-state index contributed by atoms with van der Waals surface area (Å²) in [6.07, 6.45) is 5.30. The first kappa shape index (κ1) is 33.4. The number of H-pyrrole nitrogens is 1. The van der Waals surface area contributed by atoms with Crippen molar-refractivity contribution in [3.8, 4) is 0 Å². The third kappa shape index (κ3) is 11.7. The van der Waals surface area contributed by atoms with Crippen molar-refractivity contribution in [3.05, 3.63) is 94.0 Å². The summed E-state index contributed by atoms with van der Waals surface area (Å²) in [6, 6.07) is 14.1. The molecular weight excluding hydrogens is 526 g/mol. The van der Waals surface area contributed by atoms with Crippen LogP contribution in [0, 0.1) is 6.92 Å². The van der Waals surface area contributed by atoms with Crippen LogP contribution < -0.4 is 11.5 Å². The van der Waals surface area contributed by atoms with Gasteiger partial charge < -0.3 is 16.5 Å². The zero-order chi connectivity index (χ0) is 30.5. The van der Waals surface area contributed by atoms with E-state index in [4.69, 9.17) is 11.5 Å². The van der Waals surface area contributed by atoms with Crippen molar-refractivity contribution in [2.45, 2.75) is 86.0 Å². The van der Waals surface area contributed by atoms with E-state index in [-0.39, 0.29) is 0 Å². The number of aryl methyl sites for hydroxylation is 1. The maximum atomic E-state index is 5.59. The summed E-state index contributed by atoms with van der Waals surface area (Å²) >= 11 is 1.83. The number of nitrogens with two attached hydrogens (primary N) is 2. The first-order valence-electron chi connectivity index (χ1n) is 14.2. The molecule has 0 saturated carbocycles. The van der Waals surface area contributed by atoms with Crippen LogP contribution in [0.1, 0.15) is 107 Å². The highest BCUT2D eigenvalue weighted by molar-refractivity contribution is 7.10. The van der Waals surface area contributed by atoms with E-state index >= 15 is 0 Å². The Balaban J connectivity index is 0.000000193. The fourth-order valence-electron chi connectivity index (χ4n) is 3.65. The van der Waals surface area contributed by atoms with Gasteiger partial charge in [-0.3, -0.25) is 4.98 Å². The topological polar surface area (TPSA) is 119 Å². The molecule has 5 rings (SSSR count). The Bertz CT molecular complexity index is 1380. The van der Waals surface area contributed by atoms with Gasteiger partial charge in [-0.25, -0.2) is 15.0 Å². The molecule has 0 saturated heterocycles. The largest absolute Gasteiger partial charge is 0.384 e. The first-order chi connectivity index (χ1) is 19.4. The number of pyridine rings is 3. The molecule has 0 amide bonds. The standard InChI is InChI=1S/C9H11N3.C9H14N2.C8H12N2.C7H10S/c1-6(2)9-11-7-3-4-10-5-8(7)12-9;1-6(2)8-4-7(3)11-9(10)5-8;1-6(2)7-3-4-10-8(9)5-7;1-6(2)7-4-3-5-8-7/h3-6H,1-2H3,(H,11,12);4-6H,1-3H3,(H2,10,11);3-6H,1-2H3,(H2,9,10);3-6H,1-2H3. The van der Waals surface area contributed by atoms with Crippen molar-refractivity contribution < 1.29 is 0 Å². The van der Waals surface area contributed by atoms with Crippen LogP contribution in [0.5, 0.6) is 0 Å². The molecule has 5 aromatic heterocycles. The molecule has 0 aliphatic carbocycles.